The molecule has 1 aromatic heterocycles. The van der Waals surface area contributed by atoms with Crippen molar-refractivity contribution >= 4 is 16.7 Å². The largest absolute Gasteiger partial charge is 0.377 e. The Morgan fingerprint density at radius 1 is 1.33 bits per heavy atom. The lowest BCUT2D eigenvalue weighted by Crippen LogP contribution is -2.56. The predicted octanol–water partition coefficient (Wildman–Crippen LogP) is 2.54. The predicted molar refractivity (Wildman–Crippen MR) is 82.5 cm³/mol. The first kappa shape index (κ1) is 14.2. The molecule has 5 nitrogen and oxygen atoms in total. The van der Waals surface area contributed by atoms with Crippen LogP contribution in [0.3, 0.4) is 0 Å². The number of hydrogen-bond donors (Lipinski definition) is 1. The van der Waals surface area contributed by atoms with Crippen LogP contribution in [0.4, 0.5) is 5.82 Å². The molecule has 1 aromatic carbocycles. The molecule has 1 fully saturated rings. The number of benzene rings is 1. The number of nitrogens with zero attached hydrogens (tertiary/aromatic N) is 2. The molecule has 21 heavy (non-hydrogen) atoms. The molecule has 0 amide bonds. The Morgan fingerprint density at radius 3 is 2.95 bits per heavy atom. The molecule has 1 heterocycles. The van der Waals surface area contributed by atoms with Gasteiger partial charge in [0, 0.05) is 19.1 Å². The molecular formula is C16H21N3O2. The number of ether oxygens (including phenoxy) is 2. The second-order valence-electron chi connectivity index (χ2n) is 5.37. The van der Waals surface area contributed by atoms with Gasteiger partial charge in [-0.1, -0.05) is 12.1 Å². The van der Waals surface area contributed by atoms with Gasteiger partial charge in [0.1, 0.15) is 18.2 Å². The van der Waals surface area contributed by atoms with E-state index in [1.165, 1.54) is 0 Å². The van der Waals surface area contributed by atoms with Crippen LogP contribution in [0.2, 0.25) is 0 Å². The van der Waals surface area contributed by atoms with Crippen molar-refractivity contribution in [2.45, 2.75) is 38.5 Å². The third-order valence-electron chi connectivity index (χ3n) is 4.09. The fraction of sp³-hybridized carbons (Fsp3) is 0.500. The average molecular weight is 287 g/mol. The normalized spacial score (nSPS) is 24.8. The molecule has 0 saturated heterocycles. The van der Waals surface area contributed by atoms with Crippen molar-refractivity contribution in [3.05, 3.63) is 30.1 Å². The van der Waals surface area contributed by atoms with Crippen molar-refractivity contribution < 1.29 is 9.47 Å². The Labute approximate surface area is 124 Å². The van der Waals surface area contributed by atoms with Gasteiger partial charge < -0.3 is 14.8 Å². The lowest BCUT2D eigenvalue weighted by molar-refractivity contribution is -0.118. The van der Waals surface area contributed by atoms with Crippen LogP contribution >= 0.6 is 0 Å². The highest BCUT2D eigenvalue weighted by Crippen LogP contribution is 2.31. The molecule has 0 bridgehead atoms. The van der Waals surface area contributed by atoms with Gasteiger partial charge in [-0.3, -0.25) is 0 Å². The topological polar surface area (TPSA) is 56.3 Å². The summed E-state index contributed by atoms with van der Waals surface area (Å²) >= 11 is 0. The molecule has 0 radical (unpaired) electrons. The van der Waals surface area contributed by atoms with E-state index >= 15 is 0 Å². The summed E-state index contributed by atoms with van der Waals surface area (Å²) in [4.78, 5) is 8.76. The Balaban J connectivity index is 1.81. The Morgan fingerprint density at radius 2 is 2.19 bits per heavy atom. The SMILES string of the molecule is CCO[C@@H]1C[C@@H](Nc2ncnc3c(C)cccc23)[C@H]1OC. The molecule has 1 aliphatic rings. The number of nitrogens with one attached hydrogen (secondary N) is 1. The maximum atomic E-state index is 5.66. The van der Waals surface area contributed by atoms with Crippen LogP contribution in [-0.4, -0.2) is 41.9 Å². The summed E-state index contributed by atoms with van der Waals surface area (Å²) in [7, 11) is 1.73. The van der Waals surface area contributed by atoms with E-state index < -0.39 is 0 Å². The molecule has 5 heteroatoms. The first-order valence-electron chi connectivity index (χ1n) is 7.35. The minimum absolute atomic E-state index is 0.0692. The lowest BCUT2D eigenvalue weighted by Gasteiger charge is -2.43. The molecule has 3 atom stereocenters. The molecule has 0 spiro atoms. The first-order chi connectivity index (χ1) is 10.2. The zero-order chi connectivity index (χ0) is 14.8. The van der Waals surface area contributed by atoms with Gasteiger partial charge in [0.15, 0.2) is 0 Å². The van der Waals surface area contributed by atoms with Crippen molar-refractivity contribution in [1.29, 1.82) is 0 Å². The fourth-order valence-electron chi connectivity index (χ4n) is 2.94. The lowest BCUT2D eigenvalue weighted by atomic mass is 9.85. The first-order valence-corrected chi connectivity index (χ1v) is 7.35. The number of para-hydroxylation sites is 1. The maximum Gasteiger partial charge on any atom is 0.137 e. The van der Waals surface area contributed by atoms with E-state index in [1.54, 1.807) is 13.4 Å². The second kappa shape index (κ2) is 5.95. The Hall–Kier alpha value is -1.72. The Bertz CT molecular complexity index is 632. The third-order valence-corrected chi connectivity index (χ3v) is 4.09. The number of anilines is 1. The van der Waals surface area contributed by atoms with Crippen LogP contribution in [0.15, 0.2) is 24.5 Å². The number of rotatable bonds is 5. The molecule has 0 aliphatic heterocycles. The molecule has 1 N–H and O–H groups in total. The average Bonchev–Trinajstić information content (AvgIpc) is 2.47. The van der Waals surface area contributed by atoms with Gasteiger partial charge in [-0.05, 0) is 31.9 Å². The number of hydrogen-bond acceptors (Lipinski definition) is 5. The van der Waals surface area contributed by atoms with Gasteiger partial charge in [0.05, 0.1) is 17.7 Å². The summed E-state index contributed by atoms with van der Waals surface area (Å²) in [6.07, 6.45) is 2.79. The number of methoxy groups -OCH3 is 1. The van der Waals surface area contributed by atoms with Crippen LogP contribution in [0.25, 0.3) is 10.9 Å². The maximum absolute atomic E-state index is 5.66. The zero-order valence-corrected chi connectivity index (χ0v) is 12.7. The third kappa shape index (κ3) is 2.59. The minimum Gasteiger partial charge on any atom is -0.377 e. The highest BCUT2D eigenvalue weighted by atomic mass is 16.5. The van der Waals surface area contributed by atoms with Crippen molar-refractivity contribution in [2.24, 2.45) is 0 Å². The molecule has 1 saturated carbocycles. The number of aryl methyl sites for hydroxylation is 1. The number of fused-ring (bicyclic) bond motifs is 1. The van der Waals surface area contributed by atoms with Crippen LogP contribution in [0.1, 0.15) is 18.9 Å². The Kier molecular flexibility index (Phi) is 4.03. The van der Waals surface area contributed by atoms with E-state index in [0.717, 1.165) is 28.7 Å². The number of aromatic nitrogens is 2. The highest BCUT2D eigenvalue weighted by Gasteiger charge is 2.42. The molecular weight excluding hydrogens is 266 g/mol. The summed E-state index contributed by atoms with van der Waals surface area (Å²) in [5.41, 5.74) is 2.15. The van der Waals surface area contributed by atoms with Crippen LogP contribution in [0, 0.1) is 6.92 Å². The van der Waals surface area contributed by atoms with Crippen LogP contribution in [0.5, 0.6) is 0 Å². The summed E-state index contributed by atoms with van der Waals surface area (Å²) in [5, 5.41) is 4.53. The quantitative estimate of drug-likeness (QED) is 0.916. The van der Waals surface area contributed by atoms with E-state index in [1.807, 2.05) is 19.1 Å². The summed E-state index contributed by atoms with van der Waals surface area (Å²) in [6, 6.07) is 6.37. The summed E-state index contributed by atoms with van der Waals surface area (Å²) < 4.78 is 11.2. The van der Waals surface area contributed by atoms with Crippen molar-refractivity contribution in [1.82, 2.24) is 9.97 Å². The molecule has 112 valence electrons. The van der Waals surface area contributed by atoms with Crippen molar-refractivity contribution in [3.8, 4) is 0 Å². The van der Waals surface area contributed by atoms with E-state index in [2.05, 4.69) is 28.3 Å². The molecule has 2 aromatic rings. The molecule has 0 unspecified atom stereocenters. The van der Waals surface area contributed by atoms with E-state index in [9.17, 15) is 0 Å². The van der Waals surface area contributed by atoms with Gasteiger partial charge in [-0.25, -0.2) is 9.97 Å². The molecule has 3 rings (SSSR count). The van der Waals surface area contributed by atoms with Crippen LogP contribution < -0.4 is 5.32 Å². The monoisotopic (exact) mass is 287 g/mol. The molecule has 1 aliphatic carbocycles. The van der Waals surface area contributed by atoms with E-state index in [4.69, 9.17) is 9.47 Å². The van der Waals surface area contributed by atoms with Crippen molar-refractivity contribution in [2.75, 3.05) is 19.0 Å². The van der Waals surface area contributed by atoms with Gasteiger partial charge in [0.2, 0.25) is 0 Å². The fourth-order valence-corrected chi connectivity index (χ4v) is 2.94. The highest BCUT2D eigenvalue weighted by molar-refractivity contribution is 5.90. The second-order valence-corrected chi connectivity index (χ2v) is 5.37. The minimum atomic E-state index is 0.0692. The van der Waals surface area contributed by atoms with Gasteiger partial charge >= 0.3 is 0 Å². The van der Waals surface area contributed by atoms with Crippen molar-refractivity contribution in [3.63, 3.8) is 0 Å². The van der Waals surface area contributed by atoms with Gasteiger partial charge in [-0.2, -0.15) is 0 Å². The van der Waals surface area contributed by atoms with Crippen LogP contribution in [-0.2, 0) is 9.47 Å². The smallest absolute Gasteiger partial charge is 0.137 e. The standard InChI is InChI=1S/C16H21N3O2/c1-4-21-13-8-12(15(13)20-3)19-16-11-7-5-6-10(2)14(11)17-9-18-16/h5-7,9,12-13,15H,4,8H2,1-3H3,(H,17,18,19)/t12-,13-,15-/m1/s1. The van der Waals surface area contributed by atoms with Gasteiger partial charge in [0.25, 0.3) is 0 Å². The van der Waals surface area contributed by atoms with E-state index in [-0.39, 0.29) is 18.2 Å². The zero-order valence-electron chi connectivity index (χ0n) is 12.7. The van der Waals surface area contributed by atoms with Gasteiger partial charge in [-0.15, -0.1) is 0 Å². The summed E-state index contributed by atoms with van der Waals surface area (Å²) in [6.45, 7) is 4.78. The summed E-state index contributed by atoms with van der Waals surface area (Å²) in [5.74, 6) is 0.866. The van der Waals surface area contributed by atoms with E-state index in [0.29, 0.717) is 6.61 Å².